The summed E-state index contributed by atoms with van der Waals surface area (Å²) < 4.78 is 0. The second kappa shape index (κ2) is 6.51. The van der Waals surface area contributed by atoms with Crippen LogP contribution in [0.15, 0.2) is 30.3 Å². The van der Waals surface area contributed by atoms with Crippen LogP contribution in [0, 0.1) is 5.92 Å². The molecule has 108 valence electrons. The van der Waals surface area contributed by atoms with E-state index in [4.69, 9.17) is 0 Å². The number of Topliss-reactive ketones (excluding diaryl/α,β-unsaturated/α-hetero) is 1. The van der Waals surface area contributed by atoms with Gasteiger partial charge in [-0.05, 0) is 18.4 Å². The maximum Gasteiger partial charge on any atom is 0.137 e. The Labute approximate surface area is 121 Å². The van der Waals surface area contributed by atoms with E-state index in [1.54, 1.807) is 0 Å². The summed E-state index contributed by atoms with van der Waals surface area (Å²) in [4.78, 5) is 16.7. The predicted molar refractivity (Wildman–Crippen MR) is 80.5 cm³/mol. The van der Waals surface area contributed by atoms with E-state index in [0.29, 0.717) is 11.7 Å². The summed E-state index contributed by atoms with van der Waals surface area (Å²) in [6.45, 7) is 6.51. The lowest BCUT2D eigenvalue weighted by Gasteiger charge is -2.35. The molecule has 0 spiro atoms. The number of rotatable bonds is 4. The van der Waals surface area contributed by atoms with E-state index >= 15 is 0 Å². The van der Waals surface area contributed by atoms with Crippen molar-refractivity contribution in [3.63, 3.8) is 0 Å². The van der Waals surface area contributed by atoms with Gasteiger partial charge in [0.25, 0.3) is 0 Å². The highest BCUT2D eigenvalue weighted by molar-refractivity contribution is 5.83. The van der Waals surface area contributed by atoms with Crippen molar-refractivity contribution < 1.29 is 4.79 Å². The lowest BCUT2D eigenvalue weighted by atomic mass is 10.1. The summed E-state index contributed by atoms with van der Waals surface area (Å²) >= 11 is 0. The molecule has 3 heteroatoms. The topological polar surface area (TPSA) is 23.6 Å². The van der Waals surface area contributed by atoms with Crippen LogP contribution < -0.4 is 0 Å². The van der Waals surface area contributed by atoms with Crippen LogP contribution in [-0.4, -0.2) is 48.3 Å². The molecule has 20 heavy (non-hydrogen) atoms. The summed E-state index contributed by atoms with van der Waals surface area (Å²) in [6, 6.07) is 10.7. The molecule has 1 atom stereocenters. The maximum absolute atomic E-state index is 11.7. The fourth-order valence-electron chi connectivity index (χ4n) is 3.36. The molecule has 0 amide bonds. The largest absolute Gasteiger partial charge is 0.300 e. The normalized spacial score (nSPS) is 25.2. The average Bonchev–Trinajstić information content (AvgIpc) is 2.88. The van der Waals surface area contributed by atoms with E-state index < -0.39 is 0 Å². The number of ketones is 1. The van der Waals surface area contributed by atoms with Crippen molar-refractivity contribution in [3.8, 4) is 0 Å². The number of benzene rings is 1. The fraction of sp³-hybridized carbons (Fsp3) is 0.588. The van der Waals surface area contributed by atoms with Gasteiger partial charge >= 0.3 is 0 Å². The Hall–Kier alpha value is -1.19. The van der Waals surface area contributed by atoms with Crippen LogP contribution in [0.2, 0.25) is 0 Å². The molecule has 2 aliphatic rings. The van der Waals surface area contributed by atoms with Gasteiger partial charge in [-0.25, -0.2) is 0 Å². The third kappa shape index (κ3) is 3.47. The molecule has 1 aromatic carbocycles. The van der Waals surface area contributed by atoms with Crippen LogP contribution >= 0.6 is 0 Å². The lowest BCUT2D eigenvalue weighted by Crippen LogP contribution is -2.47. The van der Waals surface area contributed by atoms with E-state index in [0.717, 1.165) is 58.5 Å². The maximum atomic E-state index is 11.7. The van der Waals surface area contributed by atoms with Crippen LogP contribution in [-0.2, 0) is 11.3 Å². The number of hydrogen-bond donors (Lipinski definition) is 0. The van der Waals surface area contributed by atoms with Gasteiger partial charge in [-0.2, -0.15) is 0 Å². The van der Waals surface area contributed by atoms with Crippen LogP contribution in [0.5, 0.6) is 0 Å². The highest BCUT2D eigenvalue weighted by atomic mass is 16.1. The Balaban J connectivity index is 1.44. The zero-order valence-corrected chi connectivity index (χ0v) is 12.1. The van der Waals surface area contributed by atoms with Gasteiger partial charge in [-0.1, -0.05) is 30.3 Å². The number of carbonyl (C=O) groups excluding carboxylic acids is 1. The SMILES string of the molecule is O=C1CCCC1CN1CCN(Cc2ccccc2)CC1. The highest BCUT2D eigenvalue weighted by Gasteiger charge is 2.27. The summed E-state index contributed by atoms with van der Waals surface area (Å²) in [5.74, 6) is 0.826. The van der Waals surface area contributed by atoms with Gasteiger partial charge < -0.3 is 4.90 Å². The van der Waals surface area contributed by atoms with Gasteiger partial charge in [0, 0.05) is 51.6 Å². The molecule has 1 aliphatic heterocycles. The van der Waals surface area contributed by atoms with Crippen molar-refractivity contribution in [2.45, 2.75) is 25.8 Å². The molecule has 1 saturated carbocycles. The minimum atomic E-state index is 0.329. The van der Waals surface area contributed by atoms with Gasteiger partial charge in [-0.3, -0.25) is 9.69 Å². The van der Waals surface area contributed by atoms with Crippen LogP contribution in [0.3, 0.4) is 0 Å². The first-order valence-corrected chi connectivity index (χ1v) is 7.82. The molecule has 0 N–H and O–H groups in total. The molecule has 2 fully saturated rings. The smallest absolute Gasteiger partial charge is 0.137 e. The molecule has 0 radical (unpaired) electrons. The number of carbonyl (C=O) groups is 1. The van der Waals surface area contributed by atoms with Gasteiger partial charge in [0.2, 0.25) is 0 Å². The van der Waals surface area contributed by atoms with E-state index in [1.807, 2.05) is 0 Å². The summed E-state index contributed by atoms with van der Waals surface area (Å²) in [6.07, 6.45) is 3.04. The summed E-state index contributed by atoms with van der Waals surface area (Å²) in [7, 11) is 0. The third-order valence-corrected chi connectivity index (χ3v) is 4.62. The van der Waals surface area contributed by atoms with Gasteiger partial charge in [0.15, 0.2) is 0 Å². The van der Waals surface area contributed by atoms with Crippen molar-refractivity contribution in [2.24, 2.45) is 5.92 Å². The van der Waals surface area contributed by atoms with Crippen LogP contribution in [0.1, 0.15) is 24.8 Å². The Bertz CT molecular complexity index is 438. The molecule has 1 aliphatic carbocycles. The van der Waals surface area contributed by atoms with E-state index in [2.05, 4.69) is 40.1 Å². The van der Waals surface area contributed by atoms with Gasteiger partial charge in [0.1, 0.15) is 5.78 Å². The molecule has 3 nitrogen and oxygen atoms in total. The van der Waals surface area contributed by atoms with Gasteiger partial charge in [-0.15, -0.1) is 0 Å². The van der Waals surface area contributed by atoms with Crippen LogP contribution in [0.25, 0.3) is 0 Å². The summed E-state index contributed by atoms with van der Waals surface area (Å²) in [5, 5.41) is 0. The average molecular weight is 272 g/mol. The number of nitrogens with zero attached hydrogens (tertiary/aromatic N) is 2. The Morgan fingerprint density at radius 3 is 2.35 bits per heavy atom. The van der Waals surface area contributed by atoms with Crippen LogP contribution in [0.4, 0.5) is 0 Å². The van der Waals surface area contributed by atoms with E-state index in [9.17, 15) is 4.79 Å². The second-order valence-electron chi connectivity index (χ2n) is 6.12. The van der Waals surface area contributed by atoms with E-state index in [1.165, 1.54) is 5.56 Å². The number of hydrogen-bond acceptors (Lipinski definition) is 3. The minimum absolute atomic E-state index is 0.329. The number of piperazine rings is 1. The molecule has 1 saturated heterocycles. The fourth-order valence-corrected chi connectivity index (χ4v) is 3.36. The molecular formula is C17H24N2O. The lowest BCUT2D eigenvalue weighted by molar-refractivity contribution is -0.121. The molecular weight excluding hydrogens is 248 g/mol. The molecule has 3 rings (SSSR count). The molecule has 1 aromatic rings. The van der Waals surface area contributed by atoms with Crippen molar-refractivity contribution in [1.29, 1.82) is 0 Å². The zero-order chi connectivity index (χ0) is 13.8. The van der Waals surface area contributed by atoms with Crippen molar-refractivity contribution in [2.75, 3.05) is 32.7 Å². The van der Waals surface area contributed by atoms with Crippen molar-refractivity contribution in [3.05, 3.63) is 35.9 Å². The Kier molecular flexibility index (Phi) is 4.48. The standard InChI is InChI=1S/C17H24N2O/c20-17-8-4-7-16(17)14-19-11-9-18(10-12-19)13-15-5-2-1-3-6-15/h1-3,5-6,16H,4,7-14H2. The molecule has 0 bridgehead atoms. The van der Waals surface area contributed by atoms with Crippen molar-refractivity contribution >= 4 is 5.78 Å². The Morgan fingerprint density at radius 1 is 1.00 bits per heavy atom. The first kappa shape index (κ1) is 13.8. The second-order valence-corrected chi connectivity index (χ2v) is 6.12. The highest BCUT2D eigenvalue weighted by Crippen LogP contribution is 2.22. The zero-order valence-electron chi connectivity index (χ0n) is 12.1. The first-order chi connectivity index (χ1) is 9.81. The minimum Gasteiger partial charge on any atom is -0.300 e. The van der Waals surface area contributed by atoms with Crippen molar-refractivity contribution in [1.82, 2.24) is 9.80 Å². The Morgan fingerprint density at radius 2 is 1.70 bits per heavy atom. The quantitative estimate of drug-likeness (QED) is 0.839. The third-order valence-electron chi connectivity index (χ3n) is 4.62. The molecule has 1 heterocycles. The molecule has 0 aromatic heterocycles. The predicted octanol–water partition coefficient (Wildman–Crippen LogP) is 2.17. The molecule has 1 unspecified atom stereocenters. The first-order valence-electron chi connectivity index (χ1n) is 7.82. The monoisotopic (exact) mass is 272 g/mol. The summed E-state index contributed by atoms with van der Waals surface area (Å²) in [5.41, 5.74) is 1.40. The van der Waals surface area contributed by atoms with E-state index in [-0.39, 0.29) is 0 Å². The van der Waals surface area contributed by atoms with Gasteiger partial charge in [0.05, 0.1) is 0 Å².